The molecule has 0 fully saturated rings. The summed E-state index contributed by atoms with van der Waals surface area (Å²) in [6.45, 7) is 6.57. The van der Waals surface area contributed by atoms with Crippen LogP contribution in [0.5, 0.6) is 11.5 Å². The standard InChI is InChI=1S/C17H22O2/c1-17(2,3)15-11-13(18-4)10-14(16(15)19-5)12-8-6-7-9-12/h6-8,10-11H,9H2,1-5H3. The summed E-state index contributed by atoms with van der Waals surface area (Å²) in [6, 6.07) is 4.14. The Bertz CT molecular complexity index is 531. The maximum atomic E-state index is 5.69. The van der Waals surface area contributed by atoms with Crippen molar-refractivity contribution >= 4 is 5.57 Å². The van der Waals surface area contributed by atoms with Gasteiger partial charge < -0.3 is 9.47 Å². The summed E-state index contributed by atoms with van der Waals surface area (Å²) >= 11 is 0. The number of hydrogen-bond acceptors (Lipinski definition) is 2. The first-order valence-corrected chi connectivity index (χ1v) is 6.60. The molecule has 1 aromatic carbocycles. The molecule has 1 aliphatic carbocycles. The van der Waals surface area contributed by atoms with Crippen LogP contribution in [0.4, 0.5) is 0 Å². The van der Waals surface area contributed by atoms with Crippen LogP contribution in [-0.2, 0) is 5.41 Å². The van der Waals surface area contributed by atoms with Crippen LogP contribution in [0, 0.1) is 0 Å². The van der Waals surface area contributed by atoms with Crippen molar-refractivity contribution in [2.24, 2.45) is 0 Å². The lowest BCUT2D eigenvalue weighted by atomic mass is 9.84. The van der Waals surface area contributed by atoms with Gasteiger partial charge in [-0.25, -0.2) is 0 Å². The molecule has 0 unspecified atom stereocenters. The first kappa shape index (κ1) is 13.7. The average molecular weight is 258 g/mol. The number of benzene rings is 1. The average Bonchev–Trinajstić information content (AvgIpc) is 2.89. The quantitative estimate of drug-likeness (QED) is 0.802. The number of rotatable bonds is 3. The summed E-state index contributed by atoms with van der Waals surface area (Å²) in [6.07, 6.45) is 7.34. The lowest BCUT2D eigenvalue weighted by Crippen LogP contribution is -2.14. The molecule has 1 aliphatic rings. The van der Waals surface area contributed by atoms with Crippen molar-refractivity contribution in [2.45, 2.75) is 32.6 Å². The second kappa shape index (κ2) is 5.12. The number of methoxy groups -OCH3 is 2. The molecule has 1 aromatic rings. The minimum absolute atomic E-state index is 0.0151. The Hall–Kier alpha value is -1.70. The van der Waals surface area contributed by atoms with E-state index in [9.17, 15) is 0 Å². The highest BCUT2D eigenvalue weighted by molar-refractivity contribution is 5.77. The first-order valence-electron chi connectivity index (χ1n) is 6.60. The van der Waals surface area contributed by atoms with Crippen molar-refractivity contribution < 1.29 is 9.47 Å². The normalized spacial score (nSPS) is 14.5. The number of allylic oxidation sites excluding steroid dienone is 4. The minimum Gasteiger partial charge on any atom is -0.497 e. The SMILES string of the molecule is COc1cc(C2=CC=CC2)c(OC)c(C(C)(C)C)c1. The molecule has 0 heterocycles. The van der Waals surface area contributed by atoms with Gasteiger partial charge in [-0.2, -0.15) is 0 Å². The summed E-state index contributed by atoms with van der Waals surface area (Å²) < 4.78 is 11.1. The Morgan fingerprint density at radius 1 is 1.05 bits per heavy atom. The topological polar surface area (TPSA) is 18.5 Å². The van der Waals surface area contributed by atoms with E-state index in [1.807, 2.05) is 0 Å². The molecule has 2 heteroatoms. The van der Waals surface area contributed by atoms with Crippen molar-refractivity contribution in [3.63, 3.8) is 0 Å². The minimum atomic E-state index is 0.0151. The van der Waals surface area contributed by atoms with Crippen molar-refractivity contribution in [1.29, 1.82) is 0 Å². The zero-order valence-corrected chi connectivity index (χ0v) is 12.4. The van der Waals surface area contributed by atoms with E-state index < -0.39 is 0 Å². The van der Waals surface area contributed by atoms with Crippen molar-refractivity contribution in [3.05, 3.63) is 41.5 Å². The Morgan fingerprint density at radius 2 is 1.79 bits per heavy atom. The molecule has 2 rings (SSSR count). The molecule has 0 saturated carbocycles. The molecule has 2 nitrogen and oxygen atoms in total. The summed E-state index contributed by atoms with van der Waals surface area (Å²) in [4.78, 5) is 0. The number of ether oxygens (including phenoxy) is 2. The zero-order valence-electron chi connectivity index (χ0n) is 12.4. The third kappa shape index (κ3) is 2.67. The van der Waals surface area contributed by atoms with Gasteiger partial charge in [0.15, 0.2) is 0 Å². The lowest BCUT2D eigenvalue weighted by molar-refractivity contribution is 0.386. The van der Waals surface area contributed by atoms with Gasteiger partial charge in [0, 0.05) is 11.1 Å². The molecule has 0 saturated heterocycles. The predicted molar refractivity (Wildman–Crippen MR) is 80.0 cm³/mol. The van der Waals surface area contributed by atoms with Crippen LogP contribution in [0.25, 0.3) is 5.57 Å². The van der Waals surface area contributed by atoms with Gasteiger partial charge in [0.2, 0.25) is 0 Å². The van der Waals surface area contributed by atoms with E-state index in [-0.39, 0.29) is 5.41 Å². The molecule has 0 aromatic heterocycles. The second-order valence-corrected chi connectivity index (χ2v) is 5.83. The van der Waals surface area contributed by atoms with Gasteiger partial charge in [-0.15, -0.1) is 0 Å². The smallest absolute Gasteiger partial charge is 0.130 e. The summed E-state index contributed by atoms with van der Waals surface area (Å²) in [5.74, 6) is 1.84. The Labute approximate surface area is 115 Å². The molecule has 0 spiro atoms. The van der Waals surface area contributed by atoms with Crippen molar-refractivity contribution in [3.8, 4) is 11.5 Å². The van der Waals surface area contributed by atoms with E-state index in [2.05, 4.69) is 51.1 Å². The molecular formula is C17H22O2. The fourth-order valence-electron chi connectivity index (χ4n) is 2.38. The largest absolute Gasteiger partial charge is 0.497 e. The van der Waals surface area contributed by atoms with Crippen LogP contribution in [0.2, 0.25) is 0 Å². The van der Waals surface area contributed by atoms with Gasteiger partial charge in [-0.1, -0.05) is 39.0 Å². The maximum Gasteiger partial charge on any atom is 0.130 e. The van der Waals surface area contributed by atoms with Crippen LogP contribution >= 0.6 is 0 Å². The van der Waals surface area contributed by atoms with Gasteiger partial charge in [0.25, 0.3) is 0 Å². The van der Waals surface area contributed by atoms with E-state index in [0.717, 1.165) is 23.5 Å². The summed E-state index contributed by atoms with van der Waals surface area (Å²) in [7, 11) is 3.45. The van der Waals surface area contributed by atoms with Gasteiger partial charge in [0.1, 0.15) is 11.5 Å². The molecule has 0 amide bonds. The summed E-state index contributed by atoms with van der Waals surface area (Å²) in [5.41, 5.74) is 3.61. The highest BCUT2D eigenvalue weighted by Gasteiger charge is 2.24. The summed E-state index contributed by atoms with van der Waals surface area (Å²) in [5, 5.41) is 0. The Kier molecular flexibility index (Phi) is 3.70. The van der Waals surface area contributed by atoms with E-state index in [0.29, 0.717) is 0 Å². The van der Waals surface area contributed by atoms with Gasteiger partial charge in [-0.05, 0) is 29.5 Å². The van der Waals surface area contributed by atoms with Crippen molar-refractivity contribution in [2.75, 3.05) is 14.2 Å². The van der Waals surface area contributed by atoms with Crippen molar-refractivity contribution in [1.82, 2.24) is 0 Å². The Morgan fingerprint density at radius 3 is 2.26 bits per heavy atom. The monoisotopic (exact) mass is 258 g/mol. The fraction of sp³-hybridized carbons (Fsp3) is 0.412. The molecule has 19 heavy (non-hydrogen) atoms. The molecule has 0 radical (unpaired) electrons. The van der Waals surface area contributed by atoms with Gasteiger partial charge >= 0.3 is 0 Å². The maximum absolute atomic E-state index is 5.69. The number of hydrogen-bond donors (Lipinski definition) is 0. The van der Waals surface area contributed by atoms with Gasteiger partial charge in [-0.3, -0.25) is 0 Å². The van der Waals surface area contributed by atoms with E-state index in [1.54, 1.807) is 14.2 Å². The van der Waals surface area contributed by atoms with Crippen LogP contribution < -0.4 is 9.47 Å². The van der Waals surface area contributed by atoms with Gasteiger partial charge in [0.05, 0.1) is 14.2 Å². The van der Waals surface area contributed by atoms with E-state index in [4.69, 9.17) is 9.47 Å². The predicted octanol–water partition coefficient (Wildman–Crippen LogP) is 4.34. The zero-order chi connectivity index (χ0) is 14.0. The molecule has 0 N–H and O–H groups in total. The third-order valence-electron chi connectivity index (χ3n) is 3.43. The highest BCUT2D eigenvalue weighted by atomic mass is 16.5. The van der Waals surface area contributed by atoms with E-state index in [1.165, 1.54) is 11.1 Å². The van der Waals surface area contributed by atoms with Crippen LogP contribution in [0.3, 0.4) is 0 Å². The van der Waals surface area contributed by atoms with Crippen LogP contribution in [0.1, 0.15) is 38.3 Å². The molecule has 0 bridgehead atoms. The molecule has 102 valence electrons. The fourth-order valence-corrected chi connectivity index (χ4v) is 2.38. The lowest BCUT2D eigenvalue weighted by Gasteiger charge is -2.25. The molecule has 0 atom stereocenters. The second-order valence-electron chi connectivity index (χ2n) is 5.83. The first-order chi connectivity index (χ1) is 8.97. The van der Waals surface area contributed by atoms with Crippen LogP contribution in [0.15, 0.2) is 30.4 Å². The third-order valence-corrected chi connectivity index (χ3v) is 3.43. The Balaban J connectivity index is 2.64. The molecular weight excluding hydrogens is 236 g/mol. The van der Waals surface area contributed by atoms with Crippen LogP contribution in [-0.4, -0.2) is 14.2 Å². The molecule has 0 aliphatic heterocycles. The van der Waals surface area contributed by atoms with E-state index >= 15 is 0 Å². The highest BCUT2D eigenvalue weighted by Crippen LogP contribution is 2.41.